The summed E-state index contributed by atoms with van der Waals surface area (Å²) >= 11 is 11.1. The zero-order valence-electron chi connectivity index (χ0n) is 20.1. The van der Waals surface area contributed by atoms with Crippen LogP contribution in [0.15, 0.2) is 47.6 Å². The number of thiol groups is 1. The lowest BCUT2D eigenvalue weighted by atomic mass is 9.92. The smallest absolute Gasteiger partial charge is 0.190 e. The predicted molar refractivity (Wildman–Crippen MR) is 140 cm³/mol. The standard InChI is InChI=1S/C27H36N2S2/c1-16(2)20-11-9-12-21(17(3)4)25(20)28-15-24(30)29(27(28)31)26-22(18(5)6)13-10-14-23(26)19(7)8/h9-19,30H,1-8H3. The summed E-state index contributed by atoms with van der Waals surface area (Å²) in [5.41, 5.74) is 7.63. The summed E-state index contributed by atoms with van der Waals surface area (Å²) in [6.45, 7) is 18.0. The molecule has 0 bridgehead atoms. The molecule has 2 aromatic carbocycles. The first kappa shape index (κ1) is 23.9. The van der Waals surface area contributed by atoms with Crippen LogP contribution in [0, 0.1) is 4.77 Å². The molecule has 0 radical (unpaired) electrons. The van der Waals surface area contributed by atoms with Gasteiger partial charge in [0, 0.05) is 6.20 Å². The van der Waals surface area contributed by atoms with Crippen LogP contribution < -0.4 is 0 Å². The Hall–Kier alpha value is -1.78. The second-order valence-corrected chi connectivity index (χ2v) is 10.5. The van der Waals surface area contributed by atoms with E-state index in [1.165, 1.54) is 33.6 Å². The molecule has 0 unspecified atom stereocenters. The highest BCUT2D eigenvalue weighted by Crippen LogP contribution is 2.36. The lowest BCUT2D eigenvalue weighted by Gasteiger charge is -2.22. The molecular formula is C27H36N2S2. The maximum absolute atomic E-state index is 6.14. The van der Waals surface area contributed by atoms with Crippen LogP contribution in [0.2, 0.25) is 0 Å². The largest absolute Gasteiger partial charge is 0.291 e. The molecule has 2 nitrogen and oxygen atoms in total. The second-order valence-electron chi connectivity index (χ2n) is 9.66. The van der Waals surface area contributed by atoms with Crippen molar-refractivity contribution >= 4 is 24.8 Å². The Bertz CT molecular complexity index is 1080. The summed E-state index contributed by atoms with van der Waals surface area (Å²) in [4.78, 5) is 0. The number of nitrogens with zero attached hydrogens (tertiary/aromatic N) is 2. The lowest BCUT2D eigenvalue weighted by molar-refractivity contribution is 0.775. The van der Waals surface area contributed by atoms with Crippen LogP contribution in [0.25, 0.3) is 11.4 Å². The van der Waals surface area contributed by atoms with Crippen molar-refractivity contribution in [1.29, 1.82) is 0 Å². The summed E-state index contributed by atoms with van der Waals surface area (Å²) in [7, 11) is 0. The Labute approximate surface area is 198 Å². The van der Waals surface area contributed by atoms with E-state index < -0.39 is 0 Å². The molecule has 0 saturated heterocycles. The Morgan fingerprint density at radius 1 is 0.645 bits per heavy atom. The van der Waals surface area contributed by atoms with E-state index in [2.05, 4.69) is 107 Å². The van der Waals surface area contributed by atoms with Gasteiger partial charge in [0.05, 0.1) is 16.4 Å². The number of imidazole rings is 1. The fourth-order valence-corrected chi connectivity index (χ4v) is 5.08. The molecule has 0 aliphatic heterocycles. The van der Waals surface area contributed by atoms with Crippen molar-refractivity contribution in [3.8, 4) is 11.4 Å². The summed E-state index contributed by atoms with van der Waals surface area (Å²) < 4.78 is 5.13. The van der Waals surface area contributed by atoms with Gasteiger partial charge in [0.2, 0.25) is 0 Å². The fourth-order valence-electron chi connectivity index (χ4n) is 4.36. The highest BCUT2D eigenvalue weighted by molar-refractivity contribution is 7.80. The van der Waals surface area contributed by atoms with Gasteiger partial charge < -0.3 is 0 Å². The topological polar surface area (TPSA) is 9.86 Å². The van der Waals surface area contributed by atoms with Gasteiger partial charge in [-0.1, -0.05) is 91.8 Å². The molecule has 0 saturated carbocycles. The molecule has 3 rings (SSSR count). The van der Waals surface area contributed by atoms with Gasteiger partial charge in [-0.05, 0) is 58.1 Å². The van der Waals surface area contributed by atoms with Crippen LogP contribution in [0.3, 0.4) is 0 Å². The van der Waals surface area contributed by atoms with E-state index in [4.69, 9.17) is 24.8 Å². The molecule has 31 heavy (non-hydrogen) atoms. The van der Waals surface area contributed by atoms with Gasteiger partial charge in [-0.25, -0.2) is 0 Å². The second kappa shape index (κ2) is 9.38. The van der Waals surface area contributed by atoms with E-state index in [0.29, 0.717) is 23.7 Å². The van der Waals surface area contributed by atoms with Gasteiger partial charge >= 0.3 is 0 Å². The van der Waals surface area contributed by atoms with Gasteiger partial charge in [0.25, 0.3) is 0 Å². The lowest BCUT2D eigenvalue weighted by Crippen LogP contribution is -2.10. The van der Waals surface area contributed by atoms with Gasteiger partial charge in [0.1, 0.15) is 0 Å². The molecule has 1 aromatic heterocycles. The third-order valence-corrected chi connectivity index (χ3v) is 6.72. The zero-order chi connectivity index (χ0) is 23.0. The monoisotopic (exact) mass is 452 g/mol. The quantitative estimate of drug-likeness (QED) is 0.290. The molecule has 0 aliphatic carbocycles. The zero-order valence-corrected chi connectivity index (χ0v) is 21.8. The molecular weight excluding hydrogens is 416 g/mol. The number of para-hydroxylation sites is 2. The molecule has 3 aromatic rings. The van der Waals surface area contributed by atoms with Crippen LogP contribution in [0.1, 0.15) is 101 Å². The van der Waals surface area contributed by atoms with Crippen molar-refractivity contribution in [3.63, 3.8) is 0 Å². The maximum atomic E-state index is 6.14. The number of hydrogen-bond donors (Lipinski definition) is 1. The van der Waals surface area contributed by atoms with Gasteiger partial charge in [0.15, 0.2) is 4.77 Å². The maximum Gasteiger partial charge on any atom is 0.190 e. The van der Waals surface area contributed by atoms with E-state index in [1.807, 2.05) is 0 Å². The van der Waals surface area contributed by atoms with E-state index in [-0.39, 0.29) is 0 Å². The fraction of sp³-hybridized carbons (Fsp3) is 0.444. The van der Waals surface area contributed by atoms with Crippen LogP contribution in [0.5, 0.6) is 0 Å². The van der Waals surface area contributed by atoms with Crippen molar-refractivity contribution in [2.45, 2.75) is 84.1 Å². The van der Waals surface area contributed by atoms with E-state index in [0.717, 1.165) is 9.80 Å². The molecule has 0 atom stereocenters. The number of rotatable bonds is 6. The number of aromatic nitrogens is 2. The Kier molecular flexibility index (Phi) is 7.22. The normalized spacial score (nSPS) is 12.0. The molecule has 0 fully saturated rings. The van der Waals surface area contributed by atoms with Crippen LogP contribution >= 0.6 is 24.8 Å². The average Bonchev–Trinajstić information content (AvgIpc) is 2.99. The van der Waals surface area contributed by atoms with E-state index in [1.54, 1.807) is 0 Å². The van der Waals surface area contributed by atoms with Crippen LogP contribution in [-0.4, -0.2) is 9.13 Å². The number of benzene rings is 2. The highest BCUT2D eigenvalue weighted by Gasteiger charge is 2.22. The highest BCUT2D eigenvalue weighted by atomic mass is 32.1. The van der Waals surface area contributed by atoms with Gasteiger partial charge in [-0.15, -0.1) is 12.6 Å². The number of hydrogen-bond acceptors (Lipinski definition) is 2. The molecule has 0 aliphatic rings. The minimum Gasteiger partial charge on any atom is -0.291 e. The third-order valence-electron chi connectivity index (χ3n) is 6.02. The predicted octanol–water partition coefficient (Wildman–Crippen LogP) is 8.78. The summed E-state index contributed by atoms with van der Waals surface area (Å²) in [5.74, 6) is 1.58. The van der Waals surface area contributed by atoms with Crippen molar-refractivity contribution in [2.75, 3.05) is 0 Å². The summed E-state index contributed by atoms with van der Waals surface area (Å²) in [6, 6.07) is 13.2. The SMILES string of the molecule is CC(C)c1cccc(C(C)C)c1-n1cc(S)n(-c2c(C(C)C)cccc2C(C)C)c1=S. The summed E-state index contributed by atoms with van der Waals surface area (Å²) in [6.07, 6.45) is 2.10. The van der Waals surface area contributed by atoms with Crippen molar-refractivity contribution in [3.05, 3.63) is 69.6 Å². The van der Waals surface area contributed by atoms with Gasteiger partial charge in [-0.3, -0.25) is 9.13 Å². The minimum absolute atomic E-state index is 0.390. The minimum atomic E-state index is 0.390. The first-order chi connectivity index (χ1) is 14.6. The Morgan fingerprint density at radius 3 is 1.35 bits per heavy atom. The molecule has 1 heterocycles. The Balaban J connectivity index is 2.41. The molecule has 0 spiro atoms. The summed E-state index contributed by atoms with van der Waals surface area (Å²) in [5, 5.41) is 0.869. The third kappa shape index (κ3) is 4.42. The molecule has 166 valence electrons. The van der Waals surface area contributed by atoms with E-state index in [9.17, 15) is 0 Å². The van der Waals surface area contributed by atoms with E-state index >= 15 is 0 Å². The molecule has 0 N–H and O–H groups in total. The first-order valence-corrected chi connectivity index (χ1v) is 12.2. The van der Waals surface area contributed by atoms with Crippen molar-refractivity contribution in [1.82, 2.24) is 9.13 Å². The van der Waals surface area contributed by atoms with Crippen molar-refractivity contribution in [2.24, 2.45) is 0 Å². The average molecular weight is 453 g/mol. The van der Waals surface area contributed by atoms with Crippen LogP contribution in [-0.2, 0) is 0 Å². The molecule has 4 heteroatoms. The van der Waals surface area contributed by atoms with Crippen molar-refractivity contribution < 1.29 is 0 Å². The first-order valence-electron chi connectivity index (χ1n) is 11.4. The molecule has 0 amide bonds. The van der Waals surface area contributed by atoms with Gasteiger partial charge in [-0.2, -0.15) is 0 Å². The van der Waals surface area contributed by atoms with Crippen LogP contribution in [0.4, 0.5) is 0 Å². The Morgan fingerprint density at radius 2 is 1.00 bits per heavy atom.